The fraction of sp³-hybridized carbons (Fsp3) is 0.385. The van der Waals surface area contributed by atoms with Crippen molar-refractivity contribution in [1.29, 1.82) is 5.26 Å². The number of nitrogens with zero attached hydrogens (tertiary/aromatic N) is 1. The van der Waals surface area contributed by atoms with Gasteiger partial charge in [-0.2, -0.15) is 5.26 Å². The lowest BCUT2D eigenvalue weighted by Crippen LogP contribution is -2.44. The normalized spacial score (nSPS) is 13.5. The molecule has 2 N–H and O–H groups in total. The van der Waals surface area contributed by atoms with Crippen LogP contribution in [-0.4, -0.2) is 16.6 Å². The second-order valence-corrected chi connectivity index (χ2v) is 4.25. The summed E-state index contributed by atoms with van der Waals surface area (Å²) in [7, 11) is 0. The zero-order valence-corrected chi connectivity index (χ0v) is 10.2. The van der Waals surface area contributed by atoms with Gasteiger partial charge in [-0.05, 0) is 38.0 Å². The molecule has 4 nitrogen and oxygen atoms in total. The predicted molar refractivity (Wildman–Crippen MR) is 64.6 cm³/mol. The van der Waals surface area contributed by atoms with Crippen molar-refractivity contribution in [1.82, 2.24) is 5.32 Å². The monoisotopic (exact) mass is 232 g/mol. The number of nitriles is 1. The Kier molecular flexibility index (Phi) is 3.74. The molecule has 0 aromatic heterocycles. The second kappa shape index (κ2) is 4.88. The molecular formula is C13H16N2O2. The van der Waals surface area contributed by atoms with Crippen molar-refractivity contribution in [2.24, 2.45) is 0 Å². The van der Waals surface area contributed by atoms with Crippen molar-refractivity contribution >= 4 is 5.91 Å². The van der Waals surface area contributed by atoms with Crippen LogP contribution in [0.5, 0.6) is 5.75 Å². The van der Waals surface area contributed by atoms with Gasteiger partial charge in [0.25, 0.3) is 5.91 Å². The predicted octanol–water partition coefficient (Wildman–Crippen LogP) is 2.12. The van der Waals surface area contributed by atoms with Crippen LogP contribution in [0.4, 0.5) is 0 Å². The quantitative estimate of drug-likeness (QED) is 0.838. The first-order chi connectivity index (χ1) is 7.91. The topological polar surface area (TPSA) is 73.1 Å². The minimum absolute atomic E-state index is 0.0767. The fourth-order valence-electron chi connectivity index (χ4n) is 1.27. The van der Waals surface area contributed by atoms with Crippen molar-refractivity contribution in [3.8, 4) is 11.8 Å². The first-order valence-electron chi connectivity index (χ1n) is 5.45. The number of amides is 1. The number of aromatic hydroxyl groups is 1. The molecule has 1 atom stereocenters. The highest BCUT2D eigenvalue weighted by molar-refractivity contribution is 5.95. The molecule has 0 saturated heterocycles. The van der Waals surface area contributed by atoms with Crippen molar-refractivity contribution in [2.45, 2.75) is 32.7 Å². The molecule has 1 rings (SSSR count). The minimum atomic E-state index is -0.877. The van der Waals surface area contributed by atoms with Gasteiger partial charge in [-0.25, -0.2) is 0 Å². The third-order valence-electron chi connectivity index (χ3n) is 2.81. The first kappa shape index (κ1) is 13.0. The highest BCUT2D eigenvalue weighted by Gasteiger charge is 2.24. The van der Waals surface area contributed by atoms with Crippen LogP contribution in [0.15, 0.2) is 18.2 Å². The standard InChI is InChI=1S/C13H16N2O2/c1-4-13(3,8-14)15-12(17)10-6-5-9(2)11(16)7-10/h5-7,16H,4H2,1-3H3,(H,15,17). The molecule has 4 heteroatoms. The summed E-state index contributed by atoms with van der Waals surface area (Å²) in [5, 5.41) is 21.1. The zero-order chi connectivity index (χ0) is 13.1. The van der Waals surface area contributed by atoms with Crippen molar-refractivity contribution in [3.05, 3.63) is 29.3 Å². The summed E-state index contributed by atoms with van der Waals surface area (Å²) in [5.74, 6) is -0.279. The molecular weight excluding hydrogens is 216 g/mol. The van der Waals surface area contributed by atoms with E-state index in [1.54, 1.807) is 26.0 Å². The van der Waals surface area contributed by atoms with Crippen LogP contribution in [-0.2, 0) is 0 Å². The lowest BCUT2D eigenvalue weighted by molar-refractivity contribution is 0.0922. The number of phenolic OH excluding ortho intramolecular Hbond substituents is 1. The molecule has 0 fully saturated rings. The molecule has 0 spiro atoms. The third kappa shape index (κ3) is 2.97. The number of carbonyl (C=O) groups excluding carboxylic acids is 1. The number of hydrogen-bond acceptors (Lipinski definition) is 3. The summed E-state index contributed by atoms with van der Waals surface area (Å²) in [6.45, 7) is 5.25. The van der Waals surface area contributed by atoms with E-state index in [-0.39, 0.29) is 11.7 Å². The van der Waals surface area contributed by atoms with Crippen molar-refractivity contribution in [3.63, 3.8) is 0 Å². The zero-order valence-electron chi connectivity index (χ0n) is 10.2. The molecule has 1 aromatic carbocycles. The number of hydrogen-bond donors (Lipinski definition) is 2. The van der Waals surface area contributed by atoms with E-state index >= 15 is 0 Å². The smallest absolute Gasteiger partial charge is 0.252 e. The average Bonchev–Trinajstić information content (AvgIpc) is 2.32. The number of phenols is 1. The van der Waals surface area contributed by atoms with E-state index in [9.17, 15) is 9.90 Å². The molecule has 0 bridgehead atoms. The van der Waals surface area contributed by atoms with Gasteiger partial charge in [-0.15, -0.1) is 0 Å². The highest BCUT2D eigenvalue weighted by atomic mass is 16.3. The highest BCUT2D eigenvalue weighted by Crippen LogP contribution is 2.18. The van der Waals surface area contributed by atoms with Crippen molar-refractivity contribution < 1.29 is 9.90 Å². The maximum atomic E-state index is 11.9. The van der Waals surface area contributed by atoms with Gasteiger partial charge in [0.05, 0.1) is 6.07 Å². The van der Waals surface area contributed by atoms with Gasteiger partial charge in [0.15, 0.2) is 0 Å². The Balaban J connectivity index is 2.91. The number of carbonyl (C=O) groups is 1. The Labute approximate surface area is 101 Å². The van der Waals surface area contributed by atoms with Gasteiger partial charge in [0.1, 0.15) is 11.3 Å². The Morgan fingerprint density at radius 1 is 1.59 bits per heavy atom. The largest absolute Gasteiger partial charge is 0.508 e. The van der Waals surface area contributed by atoms with E-state index in [0.29, 0.717) is 17.5 Å². The number of aryl methyl sites for hydroxylation is 1. The summed E-state index contributed by atoms with van der Waals surface area (Å²) in [6.07, 6.45) is 0.521. The van der Waals surface area contributed by atoms with Gasteiger partial charge in [0.2, 0.25) is 0 Å². The Hall–Kier alpha value is -2.02. The van der Waals surface area contributed by atoms with Crippen LogP contribution in [0, 0.1) is 18.3 Å². The van der Waals surface area contributed by atoms with Crippen LogP contribution in [0.2, 0.25) is 0 Å². The third-order valence-corrected chi connectivity index (χ3v) is 2.81. The van der Waals surface area contributed by atoms with Gasteiger partial charge < -0.3 is 10.4 Å². The molecule has 0 aliphatic heterocycles. The van der Waals surface area contributed by atoms with Crippen LogP contribution < -0.4 is 5.32 Å². The Morgan fingerprint density at radius 2 is 2.24 bits per heavy atom. The van der Waals surface area contributed by atoms with Gasteiger partial charge in [0, 0.05) is 5.56 Å². The Bertz CT molecular complexity index is 477. The van der Waals surface area contributed by atoms with Crippen LogP contribution in [0.3, 0.4) is 0 Å². The summed E-state index contributed by atoms with van der Waals surface area (Å²) in [5.41, 5.74) is 0.181. The van der Waals surface area contributed by atoms with Gasteiger partial charge >= 0.3 is 0 Å². The van der Waals surface area contributed by atoms with Crippen LogP contribution in [0.25, 0.3) is 0 Å². The Morgan fingerprint density at radius 3 is 2.71 bits per heavy atom. The molecule has 1 amide bonds. The number of nitrogens with one attached hydrogen (secondary N) is 1. The van der Waals surface area contributed by atoms with E-state index in [0.717, 1.165) is 0 Å². The van der Waals surface area contributed by atoms with Crippen LogP contribution in [0.1, 0.15) is 36.2 Å². The van der Waals surface area contributed by atoms with E-state index in [1.807, 2.05) is 6.92 Å². The minimum Gasteiger partial charge on any atom is -0.508 e. The van der Waals surface area contributed by atoms with Crippen molar-refractivity contribution in [2.75, 3.05) is 0 Å². The molecule has 1 unspecified atom stereocenters. The second-order valence-electron chi connectivity index (χ2n) is 4.25. The summed E-state index contributed by atoms with van der Waals surface area (Å²) < 4.78 is 0. The van der Waals surface area contributed by atoms with E-state index in [1.165, 1.54) is 6.07 Å². The lowest BCUT2D eigenvalue weighted by atomic mass is 10.0. The molecule has 0 heterocycles. The van der Waals surface area contributed by atoms with E-state index < -0.39 is 5.54 Å². The summed E-state index contributed by atoms with van der Waals surface area (Å²) >= 11 is 0. The first-order valence-corrected chi connectivity index (χ1v) is 5.45. The number of benzene rings is 1. The maximum absolute atomic E-state index is 11.9. The molecule has 90 valence electrons. The number of rotatable bonds is 3. The average molecular weight is 232 g/mol. The molecule has 0 aliphatic carbocycles. The van der Waals surface area contributed by atoms with Crippen LogP contribution >= 0.6 is 0 Å². The molecule has 0 radical (unpaired) electrons. The van der Waals surface area contributed by atoms with Gasteiger partial charge in [-0.1, -0.05) is 13.0 Å². The summed E-state index contributed by atoms with van der Waals surface area (Å²) in [4.78, 5) is 11.9. The fourth-order valence-corrected chi connectivity index (χ4v) is 1.27. The molecule has 1 aromatic rings. The molecule has 17 heavy (non-hydrogen) atoms. The SMILES string of the molecule is CCC(C)(C#N)NC(=O)c1ccc(C)c(O)c1. The summed E-state index contributed by atoms with van der Waals surface area (Å²) in [6, 6.07) is 6.75. The van der Waals surface area contributed by atoms with Gasteiger partial charge in [-0.3, -0.25) is 4.79 Å². The van der Waals surface area contributed by atoms with E-state index in [4.69, 9.17) is 5.26 Å². The lowest BCUT2D eigenvalue weighted by Gasteiger charge is -2.21. The molecule has 0 aliphatic rings. The van der Waals surface area contributed by atoms with E-state index in [2.05, 4.69) is 11.4 Å². The maximum Gasteiger partial charge on any atom is 0.252 e. The molecule has 0 saturated carbocycles.